The molecule has 2 heteroatoms. The van der Waals surface area contributed by atoms with Crippen molar-refractivity contribution in [1.29, 1.82) is 0 Å². The molecule has 0 spiro atoms. The number of hydrogen-bond donors (Lipinski definition) is 1. The molecule has 0 aliphatic carbocycles. The van der Waals surface area contributed by atoms with Gasteiger partial charge in [-0.05, 0) is 61.2 Å². The summed E-state index contributed by atoms with van der Waals surface area (Å²) in [6.07, 6.45) is 2.31. The SMILES string of the molecule is CCNC(CCc1ccsc1)c1cc(C)cc(C)c1. The van der Waals surface area contributed by atoms with Crippen LogP contribution in [0.2, 0.25) is 0 Å². The first-order chi connectivity index (χ1) is 9.19. The minimum atomic E-state index is 0.462. The van der Waals surface area contributed by atoms with Gasteiger partial charge in [-0.3, -0.25) is 0 Å². The molecule has 0 amide bonds. The minimum Gasteiger partial charge on any atom is -0.310 e. The number of benzene rings is 1. The van der Waals surface area contributed by atoms with Gasteiger partial charge in [0.2, 0.25) is 0 Å². The van der Waals surface area contributed by atoms with Crippen molar-refractivity contribution < 1.29 is 0 Å². The molecule has 102 valence electrons. The van der Waals surface area contributed by atoms with Gasteiger partial charge in [0.15, 0.2) is 0 Å². The first kappa shape index (κ1) is 14.3. The van der Waals surface area contributed by atoms with Crippen molar-refractivity contribution >= 4 is 11.3 Å². The molecule has 19 heavy (non-hydrogen) atoms. The summed E-state index contributed by atoms with van der Waals surface area (Å²) in [6.45, 7) is 7.55. The lowest BCUT2D eigenvalue weighted by Crippen LogP contribution is -2.21. The number of hydrogen-bond acceptors (Lipinski definition) is 2. The Kier molecular flexibility index (Phi) is 5.17. The lowest BCUT2D eigenvalue weighted by molar-refractivity contribution is 0.515. The zero-order chi connectivity index (χ0) is 13.7. The fraction of sp³-hybridized carbons (Fsp3) is 0.412. The summed E-state index contributed by atoms with van der Waals surface area (Å²) in [5.74, 6) is 0. The molecule has 0 aliphatic rings. The number of aryl methyl sites for hydroxylation is 3. The maximum Gasteiger partial charge on any atom is 0.0323 e. The predicted molar refractivity (Wildman–Crippen MR) is 85.0 cm³/mol. The van der Waals surface area contributed by atoms with Gasteiger partial charge in [-0.25, -0.2) is 0 Å². The van der Waals surface area contributed by atoms with Crippen LogP contribution in [-0.2, 0) is 6.42 Å². The summed E-state index contributed by atoms with van der Waals surface area (Å²) in [5.41, 5.74) is 5.59. The molecule has 1 aromatic heterocycles. The summed E-state index contributed by atoms with van der Waals surface area (Å²) in [4.78, 5) is 0. The van der Waals surface area contributed by atoms with Crippen molar-refractivity contribution in [3.8, 4) is 0 Å². The van der Waals surface area contributed by atoms with E-state index in [1.54, 1.807) is 11.3 Å². The molecule has 2 aromatic rings. The van der Waals surface area contributed by atoms with Gasteiger partial charge in [-0.2, -0.15) is 11.3 Å². The van der Waals surface area contributed by atoms with Crippen molar-refractivity contribution in [1.82, 2.24) is 5.32 Å². The van der Waals surface area contributed by atoms with E-state index in [4.69, 9.17) is 0 Å². The number of thiophene rings is 1. The Hall–Kier alpha value is -1.12. The highest BCUT2D eigenvalue weighted by atomic mass is 32.1. The maximum absolute atomic E-state index is 3.62. The second-order valence-corrected chi connectivity index (χ2v) is 5.98. The second-order valence-electron chi connectivity index (χ2n) is 5.20. The van der Waals surface area contributed by atoms with E-state index < -0.39 is 0 Å². The second kappa shape index (κ2) is 6.88. The van der Waals surface area contributed by atoms with Crippen molar-refractivity contribution in [2.75, 3.05) is 6.54 Å². The standard InChI is InChI=1S/C17H23NS/c1-4-18-17(6-5-15-7-8-19-12-15)16-10-13(2)9-14(3)11-16/h7-12,17-18H,4-6H2,1-3H3. The van der Waals surface area contributed by atoms with Crippen LogP contribution in [0, 0.1) is 13.8 Å². The Morgan fingerprint density at radius 3 is 2.47 bits per heavy atom. The van der Waals surface area contributed by atoms with Crippen LogP contribution in [0.5, 0.6) is 0 Å². The van der Waals surface area contributed by atoms with Crippen LogP contribution in [-0.4, -0.2) is 6.54 Å². The molecule has 0 aliphatic heterocycles. The lowest BCUT2D eigenvalue weighted by Gasteiger charge is -2.19. The van der Waals surface area contributed by atoms with Crippen LogP contribution in [0.25, 0.3) is 0 Å². The molecular formula is C17H23NS. The third-order valence-electron chi connectivity index (χ3n) is 3.40. The summed E-state index contributed by atoms with van der Waals surface area (Å²) in [5, 5.41) is 8.03. The first-order valence-corrected chi connectivity index (χ1v) is 7.96. The molecule has 1 atom stereocenters. The largest absolute Gasteiger partial charge is 0.310 e. The third kappa shape index (κ3) is 4.19. The molecule has 1 aromatic carbocycles. The fourth-order valence-corrected chi connectivity index (χ4v) is 3.29. The zero-order valence-electron chi connectivity index (χ0n) is 12.1. The maximum atomic E-state index is 3.62. The average molecular weight is 273 g/mol. The van der Waals surface area contributed by atoms with E-state index in [-0.39, 0.29) is 0 Å². The Labute approximate surface area is 120 Å². The van der Waals surface area contributed by atoms with Crippen LogP contribution >= 0.6 is 11.3 Å². The quantitative estimate of drug-likeness (QED) is 0.808. The van der Waals surface area contributed by atoms with E-state index in [1.807, 2.05) is 0 Å². The average Bonchev–Trinajstić information content (AvgIpc) is 2.86. The molecule has 0 radical (unpaired) electrons. The molecular weight excluding hydrogens is 250 g/mol. The zero-order valence-corrected chi connectivity index (χ0v) is 12.9. The van der Waals surface area contributed by atoms with Crippen LogP contribution in [0.3, 0.4) is 0 Å². The van der Waals surface area contributed by atoms with Gasteiger partial charge in [0, 0.05) is 6.04 Å². The topological polar surface area (TPSA) is 12.0 Å². The van der Waals surface area contributed by atoms with Crippen molar-refractivity contribution in [2.45, 2.75) is 39.7 Å². The third-order valence-corrected chi connectivity index (χ3v) is 4.13. The molecule has 1 unspecified atom stereocenters. The molecule has 2 rings (SSSR count). The van der Waals surface area contributed by atoms with Gasteiger partial charge in [0.05, 0.1) is 0 Å². The molecule has 0 fully saturated rings. The summed E-state index contributed by atoms with van der Waals surface area (Å²) >= 11 is 1.78. The van der Waals surface area contributed by atoms with Gasteiger partial charge < -0.3 is 5.32 Å². The van der Waals surface area contributed by atoms with Gasteiger partial charge >= 0.3 is 0 Å². The Morgan fingerprint density at radius 1 is 1.16 bits per heavy atom. The van der Waals surface area contributed by atoms with Gasteiger partial charge in [-0.1, -0.05) is 36.2 Å². The molecule has 1 heterocycles. The number of rotatable bonds is 6. The highest BCUT2D eigenvalue weighted by Gasteiger charge is 2.11. The van der Waals surface area contributed by atoms with E-state index in [0.29, 0.717) is 6.04 Å². The summed E-state index contributed by atoms with van der Waals surface area (Å²) in [7, 11) is 0. The fourth-order valence-electron chi connectivity index (χ4n) is 2.59. The van der Waals surface area contributed by atoms with E-state index >= 15 is 0 Å². The summed E-state index contributed by atoms with van der Waals surface area (Å²) < 4.78 is 0. The highest BCUT2D eigenvalue weighted by Crippen LogP contribution is 2.22. The normalized spacial score (nSPS) is 12.6. The molecule has 1 N–H and O–H groups in total. The van der Waals surface area contributed by atoms with E-state index in [1.165, 1.54) is 22.3 Å². The molecule has 0 bridgehead atoms. The molecule has 0 saturated carbocycles. The van der Waals surface area contributed by atoms with Crippen molar-refractivity contribution in [3.63, 3.8) is 0 Å². The van der Waals surface area contributed by atoms with Crippen LogP contribution < -0.4 is 5.32 Å². The molecule has 0 saturated heterocycles. The Bertz CT molecular complexity index is 482. The Morgan fingerprint density at radius 2 is 1.89 bits per heavy atom. The minimum absolute atomic E-state index is 0.462. The van der Waals surface area contributed by atoms with Crippen LogP contribution in [0.4, 0.5) is 0 Å². The van der Waals surface area contributed by atoms with Gasteiger partial charge in [0.1, 0.15) is 0 Å². The summed E-state index contributed by atoms with van der Waals surface area (Å²) in [6, 6.07) is 9.56. The van der Waals surface area contributed by atoms with Crippen molar-refractivity contribution in [2.24, 2.45) is 0 Å². The molecule has 1 nitrogen and oxygen atoms in total. The van der Waals surface area contributed by atoms with Gasteiger partial charge in [0.25, 0.3) is 0 Å². The Balaban J connectivity index is 2.09. The van der Waals surface area contributed by atoms with E-state index in [2.05, 4.69) is 61.1 Å². The first-order valence-electron chi connectivity index (χ1n) is 7.01. The lowest BCUT2D eigenvalue weighted by atomic mass is 9.97. The van der Waals surface area contributed by atoms with E-state index in [0.717, 1.165) is 19.4 Å². The van der Waals surface area contributed by atoms with Gasteiger partial charge in [-0.15, -0.1) is 0 Å². The van der Waals surface area contributed by atoms with E-state index in [9.17, 15) is 0 Å². The smallest absolute Gasteiger partial charge is 0.0323 e. The predicted octanol–water partition coefficient (Wildman–Crippen LogP) is 4.65. The van der Waals surface area contributed by atoms with Crippen molar-refractivity contribution in [3.05, 3.63) is 57.3 Å². The monoisotopic (exact) mass is 273 g/mol. The van der Waals surface area contributed by atoms with Crippen LogP contribution in [0.15, 0.2) is 35.0 Å². The van der Waals surface area contributed by atoms with Crippen LogP contribution in [0.1, 0.15) is 41.6 Å². The highest BCUT2D eigenvalue weighted by molar-refractivity contribution is 7.07. The number of nitrogens with one attached hydrogen (secondary N) is 1.